The van der Waals surface area contributed by atoms with Crippen LogP contribution in [0.5, 0.6) is 0 Å². The summed E-state index contributed by atoms with van der Waals surface area (Å²) in [5, 5.41) is 5.68. The summed E-state index contributed by atoms with van der Waals surface area (Å²) in [4.78, 5) is 20.8. The highest BCUT2D eigenvalue weighted by atomic mass is 16.5. The number of pyridine rings is 1. The van der Waals surface area contributed by atoms with Crippen LogP contribution in [0.3, 0.4) is 0 Å². The Bertz CT molecular complexity index is 489. The normalized spacial score (nSPS) is 15.5. The Labute approximate surface area is 138 Å². The minimum absolute atomic E-state index is 0.154. The molecule has 7 nitrogen and oxygen atoms in total. The second-order valence-electron chi connectivity index (χ2n) is 5.77. The predicted molar refractivity (Wildman–Crippen MR) is 90.7 cm³/mol. The fraction of sp³-hybridized carbons (Fsp3) is 0.625. The molecule has 0 spiro atoms. The number of carbonyl (C=O) groups excluding carboxylic acids is 1. The van der Waals surface area contributed by atoms with Gasteiger partial charge in [-0.25, -0.2) is 9.78 Å². The number of likely N-dealkylation sites (N-methyl/N-ethyl adjacent to an activating group) is 1. The molecule has 128 valence electrons. The number of hydrogen-bond acceptors (Lipinski definition) is 5. The van der Waals surface area contributed by atoms with Crippen molar-refractivity contribution in [2.24, 2.45) is 0 Å². The molecule has 23 heavy (non-hydrogen) atoms. The minimum Gasteiger partial charge on any atom is -0.385 e. The van der Waals surface area contributed by atoms with Crippen molar-refractivity contribution in [3.05, 3.63) is 23.9 Å². The molecule has 1 aliphatic heterocycles. The molecule has 0 bridgehead atoms. The van der Waals surface area contributed by atoms with Crippen molar-refractivity contribution in [2.75, 3.05) is 58.4 Å². The molecule has 2 rings (SSSR count). The van der Waals surface area contributed by atoms with Gasteiger partial charge in [-0.2, -0.15) is 0 Å². The highest BCUT2D eigenvalue weighted by Gasteiger charge is 2.15. The molecule has 0 aromatic carbocycles. The van der Waals surface area contributed by atoms with E-state index < -0.39 is 0 Å². The van der Waals surface area contributed by atoms with Gasteiger partial charge < -0.3 is 25.2 Å². The molecule has 1 aliphatic rings. The van der Waals surface area contributed by atoms with Crippen LogP contribution in [0.2, 0.25) is 0 Å². The van der Waals surface area contributed by atoms with Crippen molar-refractivity contribution in [1.29, 1.82) is 0 Å². The molecule has 1 fully saturated rings. The van der Waals surface area contributed by atoms with Crippen LogP contribution < -0.4 is 15.5 Å². The molecule has 0 aliphatic carbocycles. The average Bonchev–Trinajstić information content (AvgIpc) is 2.58. The number of ether oxygens (including phenoxy) is 1. The third kappa shape index (κ3) is 6.03. The monoisotopic (exact) mass is 321 g/mol. The standard InChI is InChI=1S/C16H27N5O2/c1-20-7-9-21(10-8-20)15-12-14(4-6-17-15)13-19-16(22)18-5-3-11-23-2/h4,6,12H,3,5,7-11,13H2,1-2H3,(H2,18,19,22). The second kappa shape index (κ2) is 9.32. The topological polar surface area (TPSA) is 69.7 Å². The number of carbonyl (C=O) groups is 1. The van der Waals surface area contributed by atoms with Crippen LogP contribution in [0, 0.1) is 0 Å². The molecular formula is C16H27N5O2. The second-order valence-corrected chi connectivity index (χ2v) is 5.77. The molecule has 2 heterocycles. The van der Waals surface area contributed by atoms with E-state index in [2.05, 4.69) is 38.5 Å². The van der Waals surface area contributed by atoms with Crippen LogP contribution in [0.15, 0.2) is 18.3 Å². The van der Waals surface area contributed by atoms with Gasteiger partial charge in [0.15, 0.2) is 0 Å². The molecule has 2 amide bonds. The van der Waals surface area contributed by atoms with Gasteiger partial charge in [-0.05, 0) is 31.2 Å². The molecule has 1 aromatic heterocycles. The van der Waals surface area contributed by atoms with Gasteiger partial charge in [-0.15, -0.1) is 0 Å². The van der Waals surface area contributed by atoms with Gasteiger partial charge in [0.2, 0.25) is 0 Å². The van der Waals surface area contributed by atoms with Crippen LogP contribution >= 0.6 is 0 Å². The molecule has 2 N–H and O–H groups in total. The van der Waals surface area contributed by atoms with E-state index in [0.717, 1.165) is 44.0 Å². The quantitative estimate of drug-likeness (QED) is 0.723. The first-order valence-corrected chi connectivity index (χ1v) is 8.08. The number of urea groups is 1. The van der Waals surface area contributed by atoms with Crippen LogP contribution in [-0.4, -0.2) is 69.4 Å². The molecule has 0 unspecified atom stereocenters. The number of methoxy groups -OCH3 is 1. The smallest absolute Gasteiger partial charge is 0.315 e. The first-order valence-electron chi connectivity index (χ1n) is 8.08. The van der Waals surface area contributed by atoms with E-state index in [9.17, 15) is 4.79 Å². The maximum absolute atomic E-state index is 11.7. The van der Waals surface area contributed by atoms with Crippen LogP contribution in [0.25, 0.3) is 0 Å². The molecule has 0 saturated carbocycles. The zero-order valence-corrected chi connectivity index (χ0v) is 14.0. The van der Waals surface area contributed by atoms with Crippen molar-refractivity contribution in [2.45, 2.75) is 13.0 Å². The lowest BCUT2D eigenvalue weighted by molar-refractivity contribution is 0.193. The number of piperazine rings is 1. The van der Waals surface area contributed by atoms with Gasteiger partial charge in [-0.3, -0.25) is 0 Å². The zero-order valence-electron chi connectivity index (χ0n) is 14.0. The maximum Gasteiger partial charge on any atom is 0.315 e. The molecule has 0 radical (unpaired) electrons. The Kier molecular flexibility index (Phi) is 7.09. The summed E-state index contributed by atoms with van der Waals surface area (Å²) in [6, 6.07) is 3.83. The number of anilines is 1. The Morgan fingerprint density at radius 2 is 2.09 bits per heavy atom. The lowest BCUT2D eigenvalue weighted by Crippen LogP contribution is -2.44. The number of amides is 2. The predicted octanol–water partition coefficient (Wildman–Crippen LogP) is 0.669. The third-order valence-corrected chi connectivity index (χ3v) is 3.90. The van der Waals surface area contributed by atoms with Crippen molar-refractivity contribution in [3.63, 3.8) is 0 Å². The minimum atomic E-state index is -0.154. The van der Waals surface area contributed by atoms with Crippen LogP contribution in [0.4, 0.5) is 10.6 Å². The Morgan fingerprint density at radius 1 is 1.30 bits per heavy atom. The molecule has 0 atom stereocenters. The van der Waals surface area contributed by atoms with E-state index >= 15 is 0 Å². The van der Waals surface area contributed by atoms with Gasteiger partial charge in [0.25, 0.3) is 0 Å². The van der Waals surface area contributed by atoms with Crippen molar-refractivity contribution >= 4 is 11.8 Å². The largest absolute Gasteiger partial charge is 0.385 e. The zero-order chi connectivity index (χ0) is 16.5. The van der Waals surface area contributed by atoms with Crippen LogP contribution in [0.1, 0.15) is 12.0 Å². The third-order valence-electron chi connectivity index (χ3n) is 3.90. The van der Waals surface area contributed by atoms with E-state index in [-0.39, 0.29) is 6.03 Å². The van der Waals surface area contributed by atoms with Crippen molar-refractivity contribution in [3.8, 4) is 0 Å². The Hall–Kier alpha value is -1.86. The van der Waals surface area contributed by atoms with Gasteiger partial charge >= 0.3 is 6.03 Å². The van der Waals surface area contributed by atoms with Gasteiger partial charge in [0.05, 0.1) is 0 Å². The summed E-state index contributed by atoms with van der Waals surface area (Å²) in [7, 11) is 3.79. The molecular weight excluding hydrogens is 294 g/mol. The summed E-state index contributed by atoms with van der Waals surface area (Å²) < 4.78 is 4.94. The summed E-state index contributed by atoms with van der Waals surface area (Å²) in [5.74, 6) is 0.984. The van der Waals surface area contributed by atoms with Crippen molar-refractivity contribution < 1.29 is 9.53 Å². The summed E-state index contributed by atoms with van der Waals surface area (Å²) in [5.41, 5.74) is 1.06. The van der Waals surface area contributed by atoms with Crippen molar-refractivity contribution in [1.82, 2.24) is 20.5 Å². The first kappa shape index (κ1) is 17.5. The van der Waals surface area contributed by atoms with Gasteiger partial charge in [0.1, 0.15) is 5.82 Å². The molecule has 1 aromatic rings. The summed E-state index contributed by atoms with van der Waals surface area (Å²) >= 11 is 0. The van der Waals surface area contributed by atoms with E-state index in [1.165, 1.54) is 0 Å². The maximum atomic E-state index is 11.7. The van der Waals surface area contributed by atoms with Gasteiger partial charge in [-0.1, -0.05) is 0 Å². The SMILES string of the molecule is COCCCNC(=O)NCc1ccnc(N2CCN(C)CC2)c1. The Balaban J connectivity index is 1.77. The van der Waals surface area contributed by atoms with E-state index in [4.69, 9.17) is 4.74 Å². The number of aromatic nitrogens is 1. The highest BCUT2D eigenvalue weighted by Crippen LogP contribution is 2.14. The fourth-order valence-electron chi connectivity index (χ4n) is 2.44. The lowest BCUT2D eigenvalue weighted by atomic mass is 10.2. The Morgan fingerprint density at radius 3 is 2.83 bits per heavy atom. The van der Waals surface area contributed by atoms with E-state index in [1.807, 2.05) is 6.07 Å². The number of rotatable bonds is 7. The fourth-order valence-corrected chi connectivity index (χ4v) is 2.44. The van der Waals surface area contributed by atoms with E-state index in [0.29, 0.717) is 19.7 Å². The average molecular weight is 321 g/mol. The highest BCUT2D eigenvalue weighted by molar-refractivity contribution is 5.73. The van der Waals surface area contributed by atoms with Gasteiger partial charge in [0, 0.05) is 59.2 Å². The van der Waals surface area contributed by atoms with Crippen LogP contribution in [-0.2, 0) is 11.3 Å². The number of hydrogen-bond donors (Lipinski definition) is 2. The summed E-state index contributed by atoms with van der Waals surface area (Å²) in [6.07, 6.45) is 2.62. The molecule has 7 heteroatoms. The molecule has 1 saturated heterocycles. The number of nitrogens with zero attached hydrogens (tertiary/aromatic N) is 3. The lowest BCUT2D eigenvalue weighted by Gasteiger charge is -2.33. The first-order chi connectivity index (χ1) is 11.2. The number of nitrogens with one attached hydrogen (secondary N) is 2. The van der Waals surface area contributed by atoms with E-state index in [1.54, 1.807) is 13.3 Å². The summed E-state index contributed by atoms with van der Waals surface area (Å²) in [6.45, 7) is 5.84.